The van der Waals surface area contributed by atoms with E-state index in [1.165, 1.54) is 28.6 Å². The number of likely N-dealkylation sites (tertiary alicyclic amines) is 1. The van der Waals surface area contributed by atoms with Gasteiger partial charge in [-0.05, 0) is 77.1 Å². The summed E-state index contributed by atoms with van der Waals surface area (Å²) < 4.78 is 37.5. The van der Waals surface area contributed by atoms with Gasteiger partial charge in [0, 0.05) is 25.2 Å². The Morgan fingerprint density at radius 1 is 0.941 bits per heavy atom. The van der Waals surface area contributed by atoms with Crippen LogP contribution in [0.25, 0.3) is 0 Å². The van der Waals surface area contributed by atoms with Gasteiger partial charge in [0.25, 0.3) is 5.91 Å². The summed E-state index contributed by atoms with van der Waals surface area (Å²) in [6, 6.07) is 5.89. The van der Waals surface area contributed by atoms with Gasteiger partial charge in [-0.3, -0.25) is 9.59 Å². The molecular weight excluding hydrogens is 460 g/mol. The molecule has 2 atom stereocenters. The van der Waals surface area contributed by atoms with E-state index in [4.69, 9.17) is 9.47 Å². The molecule has 0 bridgehead atoms. The summed E-state index contributed by atoms with van der Waals surface area (Å²) >= 11 is 0. The van der Waals surface area contributed by atoms with Crippen LogP contribution in [0.1, 0.15) is 63.2 Å². The van der Waals surface area contributed by atoms with Crippen LogP contribution in [0.3, 0.4) is 0 Å². The third-order valence-electron chi connectivity index (χ3n) is 6.61. The van der Waals surface area contributed by atoms with Crippen molar-refractivity contribution < 1.29 is 32.3 Å². The van der Waals surface area contributed by atoms with Crippen molar-refractivity contribution in [3.63, 3.8) is 0 Å². The molecule has 0 spiro atoms. The van der Waals surface area contributed by atoms with E-state index < -0.39 is 27.9 Å². The van der Waals surface area contributed by atoms with E-state index in [9.17, 15) is 22.8 Å². The Morgan fingerprint density at radius 3 is 2.09 bits per heavy atom. The van der Waals surface area contributed by atoms with E-state index in [1.807, 2.05) is 13.8 Å². The lowest BCUT2D eigenvalue weighted by molar-refractivity contribution is -0.158. The van der Waals surface area contributed by atoms with Gasteiger partial charge in [-0.25, -0.2) is 13.2 Å². The molecule has 188 valence electrons. The molecule has 2 fully saturated rings. The van der Waals surface area contributed by atoms with Gasteiger partial charge >= 0.3 is 11.9 Å². The summed E-state index contributed by atoms with van der Waals surface area (Å²) in [6.45, 7) is 6.03. The van der Waals surface area contributed by atoms with Gasteiger partial charge in [-0.1, -0.05) is 0 Å². The first-order chi connectivity index (χ1) is 16.1. The van der Waals surface area contributed by atoms with Gasteiger partial charge < -0.3 is 14.4 Å². The molecule has 0 aromatic heterocycles. The van der Waals surface area contributed by atoms with E-state index in [0.717, 1.165) is 19.3 Å². The molecule has 0 N–H and O–H groups in total. The van der Waals surface area contributed by atoms with E-state index in [-0.39, 0.29) is 54.8 Å². The van der Waals surface area contributed by atoms with E-state index in [2.05, 4.69) is 0 Å². The van der Waals surface area contributed by atoms with Gasteiger partial charge in [0.05, 0.1) is 23.0 Å². The Morgan fingerprint density at radius 2 is 1.53 bits per heavy atom. The number of piperidine rings is 2. The fourth-order valence-electron chi connectivity index (χ4n) is 4.70. The van der Waals surface area contributed by atoms with Crippen LogP contribution in [0, 0.1) is 5.92 Å². The van der Waals surface area contributed by atoms with Crippen molar-refractivity contribution in [2.45, 2.75) is 69.9 Å². The molecule has 0 saturated carbocycles. The quantitative estimate of drug-likeness (QED) is 0.536. The first-order valence-electron chi connectivity index (χ1n) is 11.9. The van der Waals surface area contributed by atoms with Crippen LogP contribution < -0.4 is 0 Å². The molecule has 34 heavy (non-hydrogen) atoms. The minimum atomic E-state index is -3.75. The lowest BCUT2D eigenvalue weighted by Crippen LogP contribution is -2.49. The molecule has 2 aliphatic heterocycles. The first kappa shape index (κ1) is 26.2. The zero-order valence-corrected chi connectivity index (χ0v) is 20.9. The van der Waals surface area contributed by atoms with Gasteiger partial charge in [0.1, 0.15) is 0 Å². The van der Waals surface area contributed by atoms with Crippen molar-refractivity contribution in [1.82, 2.24) is 9.21 Å². The number of carbonyl (C=O) groups is 3. The number of amides is 1. The molecular formula is C24H34N2O7S. The largest absolute Gasteiger partial charge is 0.462 e. The zero-order chi connectivity index (χ0) is 24.9. The minimum Gasteiger partial charge on any atom is -0.462 e. The maximum Gasteiger partial charge on any atom is 0.338 e. The number of carbonyl (C=O) groups excluding carboxylic acids is 3. The van der Waals surface area contributed by atoms with Crippen molar-refractivity contribution in [1.29, 1.82) is 0 Å². The number of hydrogen-bond acceptors (Lipinski definition) is 7. The maximum absolute atomic E-state index is 13.0. The smallest absolute Gasteiger partial charge is 0.338 e. The normalized spacial score (nSPS) is 22.3. The van der Waals surface area contributed by atoms with Crippen molar-refractivity contribution in [3.8, 4) is 0 Å². The Balaban J connectivity index is 1.51. The molecule has 10 heteroatoms. The summed E-state index contributed by atoms with van der Waals surface area (Å²) in [6.07, 6.45) is 3.63. The summed E-state index contributed by atoms with van der Waals surface area (Å²) in [5, 5.41) is 0. The van der Waals surface area contributed by atoms with Crippen LogP contribution in [0.5, 0.6) is 0 Å². The number of hydrogen-bond donors (Lipinski definition) is 0. The van der Waals surface area contributed by atoms with Gasteiger partial charge in [0.2, 0.25) is 10.0 Å². The van der Waals surface area contributed by atoms with Crippen LogP contribution >= 0.6 is 0 Å². The van der Waals surface area contributed by atoms with Gasteiger partial charge in [0.15, 0.2) is 6.61 Å². The number of sulfonamides is 1. The van der Waals surface area contributed by atoms with Crippen molar-refractivity contribution in [2.24, 2.45) is 5.92 Å². The monoisotopic (exact) mass is 494 g/mol. The van der Waals surface area contributed by atoms with E-state index >= 15 is 0 Å². The Labute approximate surface area is 201 Å². The molecule has 1 aromatic rings. The molecule has 1 amide bonds. The fraction of sp³-hybridized carbons (Fsp3) is 0.625. The number of rotatable bonds is 7. The topological polar surface area (TPSA) is 110 Å². The summed E-state index contributed by atoms with van der Waals surface area (Å²) in [5.41, 5.74) is 0.283. The Kier molecular flexibility index (Phi) is 8.70. The predicted molar refractivity (Wildman–Crippen MR) is 124 cm³/mol. The standard InChI is InChI=1S/C24H34N2O7S/c1-4-32-23(28)19-8-10-21(11-9-19)34(30,31)25-14-12-20(13-15-25)24(29)33-16-22(27)26-17(2)6-5-7-18(26)3/h8-11,17-18,20H,4-7,12-16H2,1-3H3. The second-order valence-electron chi connectivity index (χ2n) is 8.96. The van der Waals surface area contributed by atoms with Crippen molar-refractivity contribution in [3.05, 3.63) is 29.8 Å². The van der Waals surface area contributed by atoms with Crippen LogP contribution in [0.15, 0.2) is 29.2 Å². The summed E-state index contributed by atoms with van der Waals surface area (Å²) in [5.74, 6) is -1.59. The number of ether oxygens (including phenoxy) is 2. The van der Waals surface area contributed by atoms with Crippen LogP contribution in [0.2, 0.25) is 0 Å². The van der Waals surface area contributed by atoms with Crippen molar-refractivity contribution >= 4 is 27.9 Å². The predicted octanol–water partition coefficient (Wildman–Crippen LogP) is 2.60. The SMILES string of the molecule is CCOC(=O)c1ccc(S(=O)(=O)N2CCC(C(=O)OCC(=O)N3C(C)CCCC3C)CC2)cc1. The number of benzene rings is 1. The second kappa shape index (κ2) is 11.3. The molecule has 2 heterocycles. The highest BCUT2D eigenvalue weighted by atomic mass is 32.2. The Hall–Kier alpha value is -2.46. The fourth-order valence-corrected chi connectivity index (χ4v) is 6.17. The number of esters is 2. The third-order valence-corrected chi connectivity index (χ3v) is 8.52. The molecule has 2 aliphatic rings. The van der Waals surface area contributed by atoms with Crippen LogP contribution in [0.4, 0.5) is 0 Å². The van der Waals surface area contributed by atoms with Crippen LogP contribution in [-0.2, 0) is 29.1 Å². The average molecular weight is 495 g/mol. The van der Waals surface area contributed by atoms with E-state index in [0.29, 0.717) is 12.8 Å². The zero-order valence-electron chi connectivity index (χ0n) is 20.1. The lowest BCUT2D eigenvalue weighted by atomic mass is 9.97. The van der Waals surface area contributed by atoms with E-state index in [1.54, 1.807) is 11.8 Å². The molecule has 1 aromatic carbocycles. The summed E-state index contributed by atoms with van der Waals surface area (Å²) in [4.78, 5) is 38.8. The molecule has 2 saturated heterocycles. The molecule has 9 nitrogen and oxygen atoms in total. The minimum absolute atomic E-state index is 0.0805. The molecule has 0 radical (unpaired) electrons. The third kappa shape index (κ3) is 5.96. The maximum atomic E-state index is 13.0. The van der Waals surface area contributed by atoms with Gasteiger partial charge in [-0.15, -0.1) is 0 Å². The average Bonchev–Trinajstić information content (AvgIpc) is 2.82. The molecule has 2 unspecified atom stereocenters. The lowest BCUT2D eigenvalue weighted by Gasteiger charge is -2.39. The van der Waals surface area contributed by atoms with Crippen molar-refractivity contribution in [2.75, 3.05) is 26.3 Å². The molecule has 3 rings (SSSR count). The highest BCUT2D eigenvalue weighted by Crippen LogP contribution is 2.26. The first-order valence-corrected chi connectivity index (χ1v) is 13.3. The Bertz CT molecular complexity index is 975. The molecule has 0 aliphatic carbocycles. The van der Waals surface area contributed by atoms with Crippen LogP contribution in [-0.4, -0.2) is 73.9 Å². The highest BCUT2D eigenvalue weighted by Gasteiger charge is 2.34. The number of nitrogens with zero attached hydrogens (tertiary/aromatic N) is 2. The summed E-state index contributed by atoms with van der Waals surface area (Å²) in [7, 11) is -3.75. The second-order valence-corrected chi connectivity index (χ2v) is 10.9. The van der Waals surface area contributed by atoms with Gasteiger partial charge in [-0.2, -0.15) is 4.31 Å². The highest BCUT2D eigenvalue weighted by molar-refractivity contribution is 7.89.